The van der Waals surface area contributed by atoms with Crippen molar-refractivity contribution in [2.75, 3.05) is 7.05 Å². The third kappa shape index (κ3) is 3.32. The molecule has 0 spiro atoms. The molecular formula is C16H17Cl2N3OS. The van der Waals surface area contributed by atoms with Gasteiger partial charge < -0.3 is 15.5 Å². The van der Waals surface area contributed by atoms with E-state index in [-0.39, 0.29) is 18.0 Å². The Balaban J connectivity index is 2.02. The van der Waals surface area contributed by atoms with Gasteiger partial charge in [-0.15, -0.1) is 0 Å². The number of thiocarbonyl (C=S) groups is 1. The molecule has 7 heteroatoms. The summed E-state index contributed by atoms with van der Waals surface area (Å²) >= 11 is 17.5. The lowest BCUT2D eigenvalue weighted by molar-refractivity contribution is -0.118. The Morgan fingerprint density at radius 3 is 2.65 bits per heavy atom. The van der Waals surface area contributed by atoms with Gasteiger partial charge >= 0.3 is 0 Å². The van der Waals surface area contributed by atoms with Crippen LogP contribution in [-0.2, 0) is 4.79 Å². The van der Waals surface area contributed by atoms with Crippen LogP contribution < -0.4 is 10.6 Å². The molecule has 3 rings (SSSR count). The van der Waals surface area contributed by atoms with E-state index in [4.69, 9.17) is 35.4 Å². The largest absolute Gasteiger partial charge is 0.351 e. The van der Waals surface area contributed by atoms with Crippen molar-refractivity contribution < 1.29 is 4.79 Å². The van der Waals surface area contributed by atoms with Crippen molar-refractivity contribution in [1.29, 1.82) is 0 Å². The van der Waals surface area contributed by atoms with E-state index in [0.717, 1.165) is 24.1 Å². The molecule has 0 radical (unpaired) electrons. The van der Waals surface area contributed by atoms with E-state index in [1.807, 2.05) is 24.9 Å². The smallest absolute Gasteiger partial charge is 0.251 e. The summed E-state index contributed by atoms with van der Waals surface area (Å²) in [6.07, 6.45) is 2.08. The number of nitrogens with zero attached hydrogens (tertiary/aromatic N) is 1. The lowest BCUT2D eigenvalue weighted by atomic mass is 9.94. The summed E-state index contributed by atoms with van der Waals surface area (Å²) in [6.45, 7) is 1.90. The van der Waals surface area contributed by atoms with Gasteiger partial charge in [0, 0.05) is 18.8 Å². The molecule has 1 heterocycles. The Bertz CT molecular complexity index is 715. The minimum atomic E-state index is -0.341. The van der Waals surface area contributed by atoms with Crippen molar-refractivity contribution in [3.8, 4) is 0 Å². The first-order valence-electron chi connectivity index (χ1n) is 7.39. The van der Waals surface area contributed by atoms with E-state index in [1.54, 1.807) is 12.1 Å². The molecule has 1 aliphatic carbocycles. The van der Waals surface area contributed by atoms with Crippen LogP contribution in [-0.4, -0.2) is 29.0 Å². The number of rotatable bonds is 3. The van der Waals surface area contributed by atoms with E-state index in [1.165, 1.54) is 0 Å². The van der Waals surface area contributed by atoms with Crippen LogP contribution in [0.4, 0.5) is 0 Å². The highest BCUT2D eigenvalue weighted by Gasteiger charge is 2.34. The highest BCUT2D eigenvalue weighted by atomic mass is 35.5. The van der Waals surface area contributed by atoms with Crippen molar-refractivity contribution in [3.63, 3.8) is 0 Å². The van der Waals surface area contributed by atoms with Crippen LogP contribution in [0.25, 0.3) is 0 Å². The summed E-state index contributed by atoms with van der Waals surface area (Å²) in [5, 5.41) is 7.78. The Morgan fingerprint density at radius 1 is 1.35 bits per heavy atom. The van der Waals surface area contributed by atoms with Gasteiger partial charge in [-0.1, -0.05) is 29.3 Å². The van der Waals surface area contributed by atoms with Crippen LogP contribution in [0.2, 0.25) is 10.0 Å². The van der Waals surface area contributed by atoms with E-state index < -0.39 is 0 Å². The van der Waals surface area contributed by atoms with Crippen LogP contribution in [0.15, 0.2) is 29.5 Å². The first-order chi connectivity index (χ1) is 10.9. The SMILES string of the molecule is CC1=C(C(=O)NC2CC2)[C@@H](c2ccc(Cl)c(Cl)c2)NC(=S)N1C. The molecule has 4 nitrogen and oxygen atoms in total. The fourth-order valence-corrected chi connectivity index (χ4v) is 3.12. The molecule has 1 saturated carbocycles. The van der Waals surface area contributed by atoms with Crippen molar-refractivity contribution in [3.05, 3.63) is 45.1 Å². The van der Waals surface area contributed by atoms with Crippen LogP contribution in [0.1, 0.15) is 31.4 Å². The molecule has 2 aliphatic rings. The zero-order chi connectivity index (χ0) is 16.7. The molecule has 0 unspecified atom stereocenters. The number of amides is 1. The predicted molar refractivity (Wildman–Crippen MR) is 96.6 cm³/mol. The molecule has 0 bridgehead atoms. The van der Waals surface area contributed by atoms with Crippen LogP contribution in [0.3, 0.4) is 0 Å². The van der Waals surface area contributed by atoms with Gasteiger partial charge in [-0.2, -0.15) is 0 Å². The molecule has 1 aliphatic heterocycles. The second-order valence-electron chi connectivity index (χ2n) is 5.86. The number of benzene rings is 1. The van der Waals surface area contributed by atoms with Crippen LogP contribution in [0, 0.1) is 0 Å². The summed E-state index contributed by atoms with van der Waals surface area (Å²) in [6, 6.07) is 5.31. The molecule has 1 aromatic rings. The van der Waals surface area contributed by atoms with Gasteiger partial charge in [0.05, 0.1) is 21.7 Å². The first kappa shape index (κ1) is 16.6. The molecule has 1 atom stereocenters. The summed E-state index contributed by atoms with van der Waals surface area (Å²) in [5.41, 5.74) is 2.35. The Kier molecular flexibility index (Phi) is 4.54. The molecule has 122 valence electrons. The maximum absolute atomic E-state index is 12.7. The fraction of sp³-hybridized carbons (Fsp3) is 0.375. The lowest BCUT2D eigenvalue weighted by Gasteiger charge is -2.36. The molecule has 1 fully saturated rings. The Morgan fingerprint density at radius 2 is 2.04 bits per heavy atom. The van der Waals surface area contributed by atoms with Crippen LogP contribution in [0.5, 0.6) is 0 Å². The number of carbonyl (C=O) groups is 1. The highest BCUT2D eigenvalue weighted by molar-refractivity contribution is 7.80. The van der Waals surface area contributed by atoms with Gasteiger partial charge in [-0.3, -0.25) is 4.79 Å². The van der Waals surface area contributed by atoms with E-state index in [9.17, 15) is 4.79 Å². The van der Waals surface area contributed by atoms with Gasteiger partial charge in [0.2, 0.25) is 0 Å². The van der Waals surface area contributed by atoms with Gasteiger partial charge in [0.1, 0.15) is 0 Å². The molecule has 1 aromatic carbocycles. The monoisotopic (exact) mass is 369 g/mol. The van der Waals surface area contributed by atoms with Crippen molar-refractivity contribution >= 4 is 46.4 Å². The van der Waals surface area contributed by atoms with Gasteiger partial charge in [0.15, 0.2) is 5.11 Å². The molecule has 1 amide bonds. The number of hydrogen-bond acceptors (Lipinski definition) is 2. The maximum Gasteiger partial charge on any atom is 0.251 e. The standard InChI is InChI=1S/C16H17Cl2N3OS/c1-8-13(15(22)19-10-4-5-10)14(20-16(23)21(8)2)9-3-6-11(17)12(18)7-9/h3,6-7,10,14H,4-5H2,1-2H3,(H,19,22)(H,20,23)/t14-/m1/s1. The third-order valence-electron chi connectivity index (χ3n) is 4.19. The molecule has 2 N–H and O–H groups in total. The van der Waals surface area contributed by atoms with E-state index in [0.29, 0.717) is 20.7 Å². The quantitative estimate of drug-likeness (QED) is 0.801. The molecule has 0 aromatic heterocycles. The summed E-state index contributed by atoms with van der Waals surface area (Å²) in [5.74, 6) is -0.0667. The molecular weight excluding hydrogens is 353 g/mol. The minimum absolute atomic E-state index is 0.0667. The molecule has 0 saturated heterocycles. The van der Waals surface area contributed by atoms with Gasteiger partial charge in [-0.25, -0.2) is 0 Å². The van der Waals surface area contributed by atoms with E-state index in [2.05, 4.69) is 10.6 Å². The zero-order valence-corrected chi connectivity index (χ0v) is 15.1. The summed E-state index contributed by atoms with van der Waals surface area (Å²) < 4.78 is 0. The molecule has 23 heavy (non-hydrogen) atoms. The number of carbonyl (C=O) groups excluding carboxylic acids is 1. The van der Waals surface area contributed by atoms with Crippen LogP contribution >= 0.6 is 35.4 Å². The Hall–Kier alpha value is -1.30. The first-order valence-corrected chi connectivity index (χ1v) is 8.55. The number of hydrogen-bond donors (Lipinski definition) is 2. The van der Waals surface area contributed by atoms with Crippen molar-refractivity contribution in [2.24, 2.45) is 0 Å². The average Bonchev–Trinajstić information content (AvgIpc) is 3.31. The Labute approximate surface area is 150 Å². The maximum atomic E-state index is 12.7. The summed E-state index contributed by atoms with van der Waals surface area (Å²) in [7, 11) is 1.85. The summed E-state index contributed by atoms with van der Waals surface area (Å²) in [4.78, 5) is 14.5. The minimum Gasteiger partial charge on any atom is -0.351 e. The number of halogens is 2. The van der Waals surface area contributed by atoms with Gasteiger partial charge in [-0.05, 0) is 49.7 Å². The normalized spacial score (nSPS) is 21.3. The average molecular weight is 370 g/mol. The van der Waals surface area contributed by atoms with Crippen molar-refractivity contribution in [1.82, 2.24) is 15.5 Å². The fourth-order valence-electron chi connectivity index (χ4n) is 2.56. The zero-order valence-electron chi connectivity index (χ0n) is 12.8. The van der Waals surface area contributed by atoms with Crippen molar-refractivity contribution in [2.45, 2.75) is 31.8 Å². The van der Waals surface area contributed by atoms with E-state index >= 15 is 0 Å². The third-order valence-corrected chi connectivity index (χ3v) is 5.32. The topological polar surface area (TPSA) is 44.4 Å². The van der Waals surface area contributed by atoms with Gasteiger partial charge in [0.25, 0.3) is 5.91 Å². The second kappa shape index (κ2) is 6.30. The predicted octanol–water partition coefficient (Wildman–Crippen LogP) is 3.41. The second-order valence-corrected chi connectivity index (χ2v) is 7.06. The lowest BCUT2D eigenvalue weighted by Crippen LogP contribution is -2.47. The number of nitrogens with one attached hydrogen (secondary N) is 2. The highest BCUT2D eigenvalue weighted by Crippen LogP contribution is 2.34. The number of allylic oxidation sites excluding steroid dienone is 1.